The molecule has 2 aliphatic heterocycles. The van der Waals surface area contributed by atoms with Crippen LogP contribution < -0.4 is 5.32 Å². The van der Waals surface area contributed by atoms with Crippen molar-refractivity contribution in [3.63, 3.8) is 0 Å². The highest BCUT2D eigenvalue weighted by molar-refractivity contribution is 7.99. The first kappa shape index (κ1) is 29.0. The number of tetrazole rings is 1. The summed E-state index contributed by atoms with van der Waals surface area (Å²) >= 11 is 2.69. The van der Waals surface area contributed by atoms with Gasteiger partial charge in [-0.2, -0.15) is 0 Å². The van der Waals surface area contributed by atoms with E-state index in [1.807, 2.05) is 78.2 Å². The number of aryl methyl sites for hydroxylation is 1. The largest absolute Gasteiger partial charge is 0.448 e. The molecule has 1 unspecified atom stereocenters. The van der Waals surface area contributed by atoms with E-state index in [1.165, 1.54) is 32.7 Å². The predicted molar refractivity (Wildman–Crippen MR) is 161 cm³/mol. The molecule has 0 bridgehead atoms. The third-order valence-electron chi connectivity index (χ3n) is 7.02. The van der Waals surface area contributed by atoms with Crippen molar-refractivity contribution in [2.45, 2.75) is 29.1 Å². The monoisotopic (exact) mass is 634 g/mol. The molecule has 11 nitrogen and oxygen atoms in total. The average molecular weight is 635 g/mol. The Morgan fingerprint density at radius 2 is 1.79 bits per heavy atom. The first-order valence-corrected chi connectivity index (χ1v) is 16.6. The molecule has 1 fully saturated rings. The number of carbonyl (C=O) groups is 3. The molecule has 2 aromatic heterocycles. The maximum absolute atomic E-state index is 14.1. The minimum absolute atomic E-state index is 0.0236. The Hall–Kier alpha value is -4.14. The number of fused-ring (bicyclic) bond motifs is 1. The molecule has 2 aliphatic rings. The average Bonchev–Trinajstić information content (AvgIpc) is 3.69. The van der Waals surface area contributed by atoms with Crippen molar-refractivity contribution in [1.82, 2.24) is 30.4 Å². The third-order valence-corrected chi connectivity index (χ3v) is 10.6. The fourth-order valence-electron chi connectivity index (χ4n) is 4.99. The van der Waals surface area contributed by atoms with Crippen LogP contribution in [0.1, 0.15) is 22.1 Å². The molecule has 3 atom stereocenters. The number of thiophene rings is 1. The molecule has 43 heavy (non-hydrogen) atoms. The van der Waals surface area contributed by atoms with Crippen LogP contribution in [-0.2, 0) is 43.4 Å². The smallest absolute Gasteiger partial charge is 0.356 e. The lowest BCUT2D eigenvalue weighted by Gasteiger charge is -2.49. The Morgan fingerprint density at radius 3 is 2.40 bits per heavy atom. The van der Waals surface area contributed by atoms with Gasteiger partial charge in [0.2, 0.25) is 11.1 Å². The molecule has 2 aromatic carbocycles. The van der Waals surface area contributed by atoms with E-state index in [4.69, 9.17) is 4.74 Å². The number of rotatable bonds is 10. The maximum Gasteiger partial charge on any atom is 0.356 e. The van der Waals surface area contributed by atoms with Gasteiger partial charge in [0, 0.05) is 17.7 Å². The predicted octanol–water partition coefficient (Wildman–Crippen LogP) is 2.61. The van der Waals surface area contributed by atoms with Crippen LogP contribution in [0.25, 0.3) is 0 Å². The highest BCUT2D eigenvalue weighted by Crippen LogP contribution is 2.38. The van der Waals surface area contributed by atoms with Crippen LogP contribution in [-0.4, -0.2) is 70.0 Å². The molecule has 4 heterocycles. The Labute approximate surface area is 257 Å². The van der Waals surface area contributed by atoms with Crippen molar-refractivity contribution in [3.8, 4) is 0 Å². The van der Waals surface area contributed by atoms with Gasteiger partial charge in [-0.15, -0.1) is 16.4 Å². The summed E-state index contributed by atoms with van der Waals surface area (Å²) in [4.78, 5) is 42.4. The minimum atomic E-state index is -1.58. The van der Waals surface area contributed by atoms with Crippen molar-refractivity contribution in [2.24, 2.45) is 7.05 Å². The van der Waals surface area contributed by atoms with Gasteiger partial charge in [-0.25, -0.2) is 9.48 Å². The summed E-state index contributed by atoms with van der Waals surface area (Å²) in [6.07, 6.45) is -0.641. The van der Waals surface area contributed by atoms with Crippen molar-refractivity contribution >= 4 is 51.7 Å². The number of nitrogens with one attached hydrogen (secondary N) is 1. The van der Waals surface area contributed by atoms with E-state index >= 15 is 0 Å². The van der Waals surface area contributed by atoms with E-state index in [0.717, 1.165) is 16.0 Å². The highest BCUT2D eigenvalue weighted by atomic mass is 32.2. The number of benzene rings is 2. The summed E-state index contributed by atoms with van der Waals surface area (Å²) in [5, 5.41) is 15.7. The summed E-state index contributed by atoms with van der Waals surface area (Å²) in [5.74, 6) is -1.35. The minimum Gasteiger partial charge on any atom is -0.448 e. The van der Waals surface area contributed by atoms with E-state index in [-0.39, 0.29) is 29.5 Å². The number of amides is 2. The fraction of sp³-hybridized carbons (Fsp3) is 0.241. The summed E-state index contributed by atoms with van der Waals surface area (Å²) < 4.78 is 21.1. The van der Waals surface area contributed by atoms with Gasteiger partial charge in [0.25, 0.3) is 5.91 Å². The molecule has 6 rings (SSSR count). The number of carbonyl (C=O) groups excluding carboxylic acids is 3. The number of esters is 1. The van der Waals surface area contributed by atoms with E-state index < -0.39 is 40.2 Å². The molecule has 0 saturated carbocycles. The number of ether oxygens (including phenoxy) is 1. The second kappa shape index (κ2) is 12.6. The zero-order valence-electron chi connectivity index (χ0n) is 22.9. The Morgan fingerprint density at radius 1 is 1.09 bits per heavy atom. The number of hydrogen-bond acceptors (Lipinski definition) is 10. The van der Waals surface area contributed by atoms with Crippen molar-refractivity contribution in [3.05, 3.63) is 105 Å². The number of thioether (sulfide) groups is 1. The van der Waals surface area contributed by atoms with Crippen LogP contribution in [0, 0.1) is 0 Å². The Kier molecular flexibility index (Phi) is 8.49. The van der Waals surface area contributed by atoms with Gasteiger partial charge < -0.3 is 10.1 Å². The number of nitrogens with zero attached hydrogens (tertiary/aromatic N) is 5. The summed E-state index contributed by atoms with van der Waals surface area (Å²) in [6, 6.07) is 21.3. The summed E-state index contributed by atoms with van der Waals surface area (Å²) in [7, 11) is 0.104. The molecule has 220 valence electrons. The Bertz CT molecular complexity index is 1650. The molecule has 0 aliphatic carbocycles. The second-order valence-corrected chi connectivity index (χ2v) is 13.4. The van der Waals surface area contributed by atoms with Crippen LogP contribution in [0.15, 0.2) is 94.6 Å². The van der Waals surface area contributed by atoms with Crippen LogP contribution in [0.4, 0.5) is 0 Å². The number of aromatic nitrogens is 4. The van der Waals surface area contributed by atoms with Gasteiger partial charge in [0.1, 0.15) is 17.1 Å². The van der Waals surface area contributed by atoms with Gasteiger partial charge >= 0.3 is 5.97 Å². The zero-order valence-corrected chi connectivity index (χ0v) is 25.3. The molecular weight excluding hydrogens is 609 g/mol. The van der Waals surface area contributed by atoms with E-state index in [9.17, 15) is 18.6 Å². The van der Waals surface area contributed by atoms with Gasteiger partial charge in [-0.1, -0.05) is 78.5 Å². The zero-order chi connectivity index (χ0) is 29.9. The quantitative estimate of drug-likeness (QED) is 0.159. The van der Waals surface area contributed by atoms with Crippen molar-refractivity contribution < 1.29 is 23.3 Å². The first-order chi connectivity index (χ1) is 20.9. The van der Waals surface area contributed by atoms with Crippen LogP contribution in [0.3, 0.4) is 0 Å². The SMILES string of the molecule is Cn1nnnc1SCC1=C(C(=O)OC(c2ccccc2)c2ccccc2)N2C(=O)[C@@H](NC(=O)Cc3cccs3)[C@H]2S(=O)C1. The molecular formula is C29H26N6O5S3. The van der Waals surface area contributed by atoms with Crippen molar-refractivity contribution in [1.29, 1.82) is 0 Å². The molecule has 2 amide bonds. The standard InChI is InChI=1S/C29H26N6O5S3/c1-34-29(31-32-33-34)42-16-20-17-43(39)27-23(30-22(36)15-21-13-8-14-41-21)26(37)35(27)24(20)28(38)40-25(18-9-4-2-5-10-18)19-11-6-3-7-12-19/h2-14,23,25,27H,15-17H2,1H3,(H,30,36)/t23-,27-,43?/m1/s1. The van der Waals surface area contributed by atoms with E-state index in [1.54, 1.807) is 7.05 Å². The lowest BCUT2D eigenvalue weighted by molar-refractivity contribution is -0.154. The van der Waals surface area contributed by atoms with Crippen LogP contribution in [0.2, 0.25) is 0 Å². The molecule has 1 saturated heterocycles. The van der Waals surface area contributed by atoms with Crippen molar-refractivity contribution in [2.75, 3.05) is 11.5 Å². The maximum atomic E-state index is 14.1. The molecule has 4 aromatic rings. The second-order valence-electron chi connectivity index (χ2n) is 9.86. The fourth-order valence-corrected chi connectivity index (χ4v) is 8.37. The van der Waals surface area contributed by atoms with Gasteiger partial charge in [-0.05, 0) is 38.6 Å². The lowest BCUT2D eigenvalue weighted by atomic mass is 10.0. The lowest BCUT2D eigenvalue weighted by Crippen LogP contribution is -2.73. The Balaban J connectivity index is 1.31. The third kappa shape index (κ3) is 6.03. The molecule has 1 N–H and O–H groups in total. The molecule has 14 heteroatoms. The summed E-state index contributed by atoms with van der Waals surface area (Å²) in [5.41, 5.74) is 2.03. The van der Waals surface area contributed by atoms with Gasteiger partial charge in [0.15, 0.2) is 6.10 Å². The molecule has 0 radical (unpaired) electrons. The van der Waals surface area contributed by atoms with E-state index in [2.05, 4.69) is 20.8 Å². The first-order valence-electron chi connectivity index (χ1n) is 13.3. The number of hydrogen-bond donors (Lipinski definition) is 1. The van der Waals surface area contributed by atoms with E-state index in [0.29, 0.717) is 10.7 Å². The van der Waals surface area contributed by atoms with Gasteiger partial charge in [-0.3, -0.25) is 18.7 Å². The molecule has 0 spiro atoms. The summed E-state index contributed by atoms with van der Waals surface area (Å²) in [6.45, 7) is 0. The van der Waals surface area contributed by atoms with Gasteiger partial charge in [0.05, 0.1) is 23.0 Å². The van der Waals surface area contributed by atoms with Crippen LogP contribution in [0.5, 0.6) is 0 Å². The number of β-lactam (4-membered cyclic amide) rings is 1. The highest BCUT2D eigenvalue weighted by Gasteiger charge is 2.57. The topological polar surface area (TPSA) is 136 Å². The van der Waals surface area contributed by atoms with Crippen LogP contribution >= 0.6 is 23.1 Å². The normalized spacial score (nSPS) is 19.6.